The second-order valence-corrected chi connectivity index (χ2v) is 10.2. The fourth-order valence-corrected chi connectivity index (χ4v) is 6.42. The zero-order valence-electron chi connectivity index (χ0n) is 16.9. The molecule has 30 heavy (non-hydrogen) atoms. The topological polar surface area (TPSA) is 64.3 Å². The fourth-order valence-electron chi connectivity index (χ4n) is 3.42. The molecule has 4 aromatic rings. The second-order valence-electron chi connectivity index (χ2n) is 7.21. The molecule has 1 aliphatic heterocycles. The van der Waals surface area contributed by atoms with Gasteiger partial charge in [-0.15, -0.1) is 22.7 Å². The lowest BCUT2D eigenvalue weighted by molar-refractivity contribution is 0.0330. The summed E-state index contributed by atoms with van der Waals surface area (Å²) < 4.78 is 10.9. The van der Waals surface area contributed by atoms with Gasteiger partial charge < -0.3 is 9.15 Å². The minimum atomic E-state index is 0.766. The molecule has 156 valence electrons. The molecule has 1 aliphatic rings. The second kappa shape index (κ2) is 8.76. The third-order valence-electron chi connectivity index (χ3n) is 5.15. The van der Waals surface area contributed by atoms with Crippen molar-refractivity contribution in [1.29, 1.82) is 0 Å². The van der Waals surface area contributed by atoms with Gasteiger partial charge in [-0.05, 0) is 31.5 Å². The molecule has 0 radical (unpaired) electrons. The summed E-state index contributed by atoms with van der Waals surface area (Å²) in [7, 11) is 0. The SMILES string of the molecule is Cc1sc2nc(CN3CCOCC3)nc(SCc3csc(-c4ccco4)n3)c2c1C. The van der Waals surface area contributed by atoms with Crippen LogP contribution in [0, 0.1) is 13.8 Å². The van der Waals surface area contributed by atoms with Crippen molar-refractivity contribution < 1.29 is 9.15 Å². The maximum Gasteiger partial charge on any atom is 0.162 e. The molecule has 0 atom stereocenters. The number of furan rings is 1. The highest BCUT2D eigenvalue weighted by Gasteiger charge is 2.18. The Labute approximate surface area is 187 Å². The fraction of sp³-hybridized carbons (Fsp3) is 0.381. The molecule has 0 spiro atoms. The van der Waals surface area contributed by atoms with Crippen molar-refractivity contribution in [3.8, 4) is 10.8 Å². The van der Waals surface area contributed by atoms with E-state index in [9.17, 15) is 0 Å². The molecule has 0 aromatic carbocycles. The largest absolute Gasteiger partial charge is 0.462 e. The van der Waals surface area contributed by atoms with E-state index in [2.05, 4.69) is 24.1 Å². The van der Waals surface area contributed by atoms with E-state index in [-0.39, 0.29) is 0 Å². The first kappa shape index (κ1) is 20.1. The number of hydrogen-bond donors (Lipinski definition) is 0. The van der Waals surface area contributed by atoms with Crippen LogP contribution in [0.1, 0.15) is 22.0 Å². The Morgan fingerprint density at radius 2 is 2.03 bits per heavy atom. The van der Waals surface area contributed by atoms with Crippen molar-refractivity contribution in [2.75, 3.05) is 26.3 Å². The first-order valence-corrected chi connectivity index (χ1v) is 12.5. The lowest BCUT2D eigenvalue weighted by atomic mass is 10.2. The molecule has 5 rings (SSSR count). The number of morpholine rings is 1. The Morgan fingerprint density at radius 1 is 1.17 bits per heavy atom. The van der Waals surface area contributed by atoms with Gasteiger partial charge in [-0.25, -0.2) is 15.0 Å². The van der Waals surface area contributed by atoms with Crippen LogP contribution in [0.25, 0.3) is 21.0 Å². The van der Waals surface area contributed by atoms with Gasteiger partial charge in [0.25, 0.3) is 0 Å². The van der Waals surface area contributed by atoms with Crippen LogP contribution < -0.4 is 0 Å². The van der Waals surface area contributed by atoms with Crippen molar-refractivity contribution in [3.63, 3.8) is 0 Å². The molecule has 0 amide bonds. The van der Waals surface area contributed by atoms with Gasteiger partial charge in [0.1, 0.15) is 15.7 Å². The van der Waals surface area contributed by atoms with E-state index in [1.807, 2.05) is 12.1 Å². The number of fused-ring (bicyclic) bond motifs is 1. The minimum Gasteiger partial charge on any atom is -0.462 e. The average Bonchev–Trinajstić information content (AvgIpc) is 3.48. The molecule has 9 heteroatoms. The molecule has 4 aromatic heterocycles. The van der Waals surface area contributed by atoms with Gasteiger partial charge >= 0.3 is 0 Å². The monoisotopic (exact) mass is 458 g/mol. The predicted octanol–water partition coefficient (Wildman–Crippen LogP) is 5.15. The summed E-state index contributed by atoms with van der Waals surface area (Å²) in [5, 5.41) is 5.26. The van der Waals surface area contributed by atoms with Gasteiger partial charge in [0.05, 0.1) is 31.7 Å². The van der Waals surface area contributed by atoms with Crippen LogP contribution in [-0.2, 0) is 17.0 Å². The zero-order chi connectivity index (χ0) is 20.5. The summed E-state index contributed by atoms with van der Waals surface area (Å²) in [5.74, 6) is 2.48. The van der Waals surface area contributed by atoms with Gasteiger partial charge in [-0.3, -0.25) is 4.90 Å². The highest BCUT2D eigenvalue weighted by atomic mass is 32.2. The van der Waals surface area contributed by atoms with E-state index in [1.54, 1.807) is 40.7 Å². The highest BCUT2D eigenvalue weighted by Crippen LogP contribution is 2.37. The number of aryl methyl sites for hydroxylation is 2. The smallest absolute Gasteiger partial charge is 0.162 e. The molecule has 6 nitrogen and oxygen atoms in total. The van der Waals surface area contributed by atoms with Gasteiger partial charge in [0.15, 0.2) is 10.8 Å². The van der Waals surface area contributed by atoms with E-state index in [0.29, 0.717) is 0 Å². The summed E-state index contributed by atoms with van der Waals surface area (Å²) in [6.07, 6.45) is 1.68. The number of hydrogen-bond acceptors (Lipinski definition) is 9. The molecular weight excluding hydrogens is 436 g/mol. The van der Waals surface area contributed by atoms with Crippen molar-refractivity contribution >= 4 is 44.7 Å². The van der Waals surface area contributed by atoms with E-state index >= 15 is 0 Å². The van der Waals surface area contributed by atoms with Crippen LogP contribution in [-0.4, -0.2) is 46.2 Å². The number of thiazole rings is 1. The number of thiophene rings is 1. The third kappa shape index (κ3) is 4.17. The number of nitrogens with zero attached hydrogens (tertiary/aromatic N) is 4. The van der Waals surface area contributed by atoms with E-state index in [1.165, 1.54) is 15.8 Å². The average molecular weight is 459 g/mol. The lowest BCUT2D eigenvalue weighted by Gasteiger charge is -2.25. The molecule has 1 saturated heterocycles. The summed E-state index contributed by atoms with van der Waals surface area (Å²) in [4.78, 5) is 19.3. The minimum absolute atomic E-state index is 0.766. The van der Waals surface area contributed by atoms with Crippen LogP contribution in [0.5, 0.6) is 0 Å². The molecule has 0 unspecified atom stereocenters. The van der Waals surface area contributed by atoms with Crippen LogP contribution in [0.4, 0.5) is 0 Å². The lowest BCUT2D eigenvalue weighted by Crippen LogP contribution is -2.36. The molecule has 0 N–H and O–H groups in total. The standard InChI is InChI=1S/C21H22N4O2S3/c1-13-14(2)30-21-18(13)20(23-17(24-21)10-25-5-8-26-9-6-25)29-12-15-11-28-19(22-15)16-4-3-7-27-16/h3-4,7,11H,5-6,8-10,12H2,1-2H3. The molecular formula is C21H22N4O2S3. The number of thioether (sulfide) groups is 1. The molecule has 5 heterocycles. The summed E-state index contributed by atoms with van der Waals surface area (Å²) in [6, 6.07) is 3.83. The highest BCUT2D eigenvalue weighted by molar-refractivity contribution is 7.98. The van der Waals surface area contributed by atoms with Crippen molar-refractivity contribution in [1.82, 2.24) is 19.9 Å². The quantitative estimate of drug-likeness (QED) is 0.292. The van der Waals surface area contributed by atoms with Crippen molar-refractivity contribution in [2.45, 2.75) is 31.2 Å². The predicted molar refractivity (Wildman–Crippen MR) is 122 cm³/mol. The number of aromatic nitrogens is 3. The van der Waals surface area contributed by atoms with Gasteiger partial charge in [0, 0.05) is 34.5 Å². The maximum atomic E-state index is 5.47. The van der Waals surface area contributed by atoms with Gasteiger partial charge in [0.2, 0.25) is 0 Å². The van der Waals surface area contributed by atoms with Crippen LogP contribution in [0.15, 0.2) is 33.2 Å². The Bertz CT molecular complexity index is 1150. The number of ether oxygens (including phenoxy) is 1. The normalized spacial score (nSPS) is 15.3. The van der Waals surface area contributed by atoms with Gasteiger partial charge in [-0.1, -0.05) is 11.8 Å². The Balaban J connectivity index is 1.40. The van der Waals surface area contributed by atoms with E-state index in [4.69, 9.17) is 24.1 Å². The molecule has 0 saturated carbocycles. The first-order valence-electron chi connectivity index (χ1n) is 9.85. The Hall–Kier alpha value is -1.78. The van der Waals surface area contributed by atoms with Gasteiger partial charge in [-0.2, -0.15) is 0 Å². The number of rotatable bonds is 6. The van der Waals surface area contributed by atoms with Crippen LogP contribution in [0.2, 0.25) is 0 Å². The summed E-state index contributed by atoms with van der Waals surface area (Å²) >= 11 is 5.12. The van der Waals surface area contributed by atoms with E-state index in [0.717, 1.165) is 70.7 Å². The summed E-state index contributed by atoms with van der Waals surface area (Å²) in [5.41, 5.74) is 2.33. The molecule has 1 fully saturated rings. The van der Waals surface area contributed by atoms with Crippen molar-refractivity contribution in [3.05, 3.63) is 45.7 Å². The summed E-state index contributed by atoms with van der Waals surface area (Å²) in [6.45, 7) is 8.52. The molecule has 0 aliphatic carbocycles. The Morgan fingerprint density at radius 3 is 2.83 bits per heavy atom. The Kier molecular flexibility index (Phi) is 5.88. The third-order valence-corrected chi connectivity index (χ3v) is 8.17. The molecule has 0 bridgehead atoms. The van der Waals surface area contributed by atoms with Crippen LogP contribution in [0.3, 0.4) is 0 Å². The van der Waals surface area contributed by atoms with E-state index < -0.39 is 0 Å². The zero-order valence-corrected chi connectivity index (χ0v) is 19.3. The maximum absolute atomic E-state index is 5.47. The van der Waals surface area contributed by atoms with Crippen molar-refractivity contribution in [2.24, 2.45) is 0 Å². The first-order chi connectivity index (χ1) is 14.7. The van der Waals surface area contributed by atoms with Crippen LogP contribution >= 0.6 is 34.4 Å².